The number of piperazine rings is 1. The highest BCUT2D eigenvalue weighted by atomic mass is 16.1. The predicted octanol–water partition coefficient (Wildman–Crippen LogP) is 2.32. The Balaban J connectivity index is 1.38. The van der Waals surface area contributed by atoms with Crippen LogP contribution in [0.4, 0.5) is 17.3 Å². The molecule has 3 heterocycles. The van der Waals surface area contributed by atoms with Gasteiger partial charge in [-0.1, -0.05) is 18.2 Å². The molecule has 0 aliphatic carbocycles. The van der Waals surface area contributed by atoms with Crippen LogP contribution >= 0.6 is 0 Å². The summed E-state index contributed by atoms with van der Waals surface area (Å²) >= 11 is 0. The lowest BCUT2D eigenvalue weighted by atomic mass is 10.2. The lowest BCUT2D eigenvalue weighted by Crippen LogP contribution is -2.47. The number of rotatable bonds is 4. The number of hydrogen-bond donors (Lipinski definition) is 1. The first-order valence-electron chi connectivity index (χ1n) is 9.30. The van der Waals surface area contributed by atoms with Gasteiger partial charge in [-0.15, -0.1) is 10.2 Å². The Labute approximate surface area is 168 Å². The summed E-state index contributed by atoms with van der Waals surface area (Å²) in [7, 11) is 0. The fraction of sp³-hybridized carbons (Fsp3) is 0.190. The quantitative estimate of drug-likeness (QED) is 0.736. The van der Waals surface area contributed by atoms with Crippen molar-refractivity contribution in [2.24, 2.45) is 0 Å². The highest BCUT2D eigenvalue weighted by molar-refractivity contribution is 6.03. The third kappa shape index (κ3) is 4.14. The largest absolute Gasteiger partial charge is 0.353 e. The van der Waals surface area contributed by atoms with Gasteiger partial charge in [0.05, 0.1) is 11.3 Å². The van der Waals surface area contributed by atoms with Crippen molar-refractivity contribution in [3.8, 4) is 6.07 Å². The Hall–Kier alpha value is -3.99. The fourth-order valence-corrected chi connectivity index (χ4v) is 3.20. The smallest absolute Gasteiger partial charge is 0.276 e. The number of anilines is 3. The summed E-state index contributed by atoms with van der Waals surface area (Å²) in [4.78, 5) is 21.2. The highest BCUT2D eigenvalue weighted by Crippen LogP contribution is 2.18. The van der Waals surface area contributed by atoms with Gasteiger partial charge in [0.1, 0.15) is 11.9 Å². The second-order valence-corrected chi connectivity index (χ2v) is 6.55. The van der Waals surface area contributed by atoms with Gasteiger partial charge in [-0.3, -0.25) is 4.79 Å². The van der Waals surface area contributed by atoms with Crippen LogP contribution < -0.4 is 15.1 Å². The minimum Gasteiger partial charge on any atom is -0.353 e. The second kappa shape index (κ2) is 8.35. The van der Waals surface area contributed by atoms with Crippen LogP contribution in [0.15, 0.2) is 60.8 Å². The molecule has 0 bridgehead atoms. The van der Waals surface area contributed by atoms with Gasteiger partial charge in [0, 0.05) is 32.4 Å². The lowest BCUT2D eigenvalue weighted by molar-refractivity contribution is 0.102. The molecular formula is C21H19N7O. The number of benzene rings is 1. The Morgan fingerprint density at radius 2 is 1.62 bits per heavy atom. The van der Waals surface area contributed by atoms with E-state index in [0.29, 0.717) is 11.3 Å². The summed E-state index contributed by atoms with van der Waals surface area (Å²) in [5, 5.41) is 20.1. The van der Waals surface area contributed by atoms with Crippen molar-refractivity contribution in [3.05, 3.63) is 72.1 Å². The van der Waals surface area contributed by atoms with Crippen LogP contribution in [0.2, 0.25) is 0 Å². The van der Waals surface area contributed by atoms with Crippen molar-refractivity contribution >= 4 is 23.2 Å². The normalized spacial score (nSPS) is 13.6. The van der Waals surface area contributed by atoms with Gasteiger partial charge >= 0.3 is 0 Å². The Kier molecular flexibility index (Phi) is 5.29. The molecule has 8 nitrogen and oxygen atoms in total. The number of carbonyl (C=O) groups is 1. The Morgan fingerprint density at radius 3 is 2.28 bits per heavy atom. The molecule has 0 atom stereocenters. The zero-order valence-electron chi connectivity index (χ0n) is 15.7. The number of pyridine rings is 1. The average Bonchev–Trinajstić information content (AvgIpc) is 2.80. The molecule has 1 aromatic carbocycles. The summed E-state index contributed by atoms with van der Waals surface area (Å²) in [5.41, 5.74) is 1.06. The standard InChI is InChI=1S/C21H19N7O/c22-15-16-5-1-2-6-17(16)24-21(29)18-8-9-20(26-25-18)28-13-11-27(12-14-28)19-7-3-4-10-23-19/h1-10H,11-14H2,(H,24,29). The molecule has 29 heavy (non-hydrogen) atoms. The number of nitrogens with zero attached hydrogens (tertiary/aromatic N) is 6. The van der Waals surface area contributed by atoms with E-state index in [0.717, 1.165) is 37.8 Å². The first-order valence-corrected chi connectivity index (χ1v) is 9.30. The molecule has 144 valence electrons. The van der Waals surface area contributed by atoms with Gasteiger partial charge < -0.3 is 15.1 Å². The van der Waals surface area contributed by atoms with Gasteiger partial charge in [-0.05, 0) is 36.4 Å². The summed E-state index contributed by atoms with van der Waals surface area (Å²) < 4.78 is 0. The maximum Gasteiger partial charge on any atom is 0.276 e. The number of aromatic nitrogens is 3. The third-order valence-corrected chi connectivity index (χ3v) is 4.76. The van der Waals surface area contributed by atoms with E-state index in [1.165, 1.54) is 0 Å². The van der Waals surface area contributed by atoms with Crippen LogP contribution in [0.25, 0.3) is 0 Å². The molecule has 0 unspecified atom stereocenters. The van der Waals surface area contributed by atoms with Crippen LogP contribution in [-0.2, 0) is 0 Å². The van der Waals surface area contributed by atoms with Crippen LogP contribution in [0.1, 0.15) is 16.1 Å². The second-order valence-electron chi connectivity index (χ2n) is 6.55. The van der Waals surface area contributed by atoms with Crippen molar-refractivity contribution in [1.82, 2.24) is 15.2 Å². The monoisotopic (exact) mass is 385 g/mol. The SMILES string of the molecule is N#Cc1ccccc1NC(=O)c1ccc(N2CCN(c3ccccn3)CC2)nn1. The van der Waals surface area contributed by atoms with Crippen molar-refractivity contribution < 1.29 is 4.79 Å². The summed E-state index contributed by atoms with van der Waals surface area (Å²) in [5.74, 6) is 1.31. The minimum atomic E-state index is -0.397. The molecule has 4 rings (SSSR count). The number of amides is 1. The molecule has 1 amide bonds. The number of nitrogens with one attached hydrogen (secondary N) is 1. The van der Waals surface area contributed by atoms with E-state index in [9.17, 15) is 4.79 Å². The molecule has 1 aliphatic heterocycles. The van der Waals surface area contributed by atoms with E-state index >= 15 is 0 Å². The van der Waals surface area contributed by atoms with Gasteiger partial charge in [-0.25, -0.2) is 4.98 Å². The molecule has 1 N–H and O–H groups in total. The van der Waals surface area contributed by atoms with E-state index < -0.39 is 5.91 Å². The van der Waals surface area contributed by atoms with Crippen molar-refractivity contribution in [3.63, 3.8) is 0 Å². The van der Waals surface area contributed by atoms with Gasteiger partial charge in [0.2, 0.25) is 0 Å². The van der Waals surface area contributed by atoms with E-state index in [-0.39, 0.29) is 5.69 Å². The average molecular weight is 385 g/mol. The molecular weight excluding hydrogens is 366 g/mol. The topological polar surface area (TPSA) is 98.0 Å². The molecule has 0 spiro atoms. The zero-order chi connectivity index (χ0) is 20.1. The van der Waals surface area contributed by atoms with E-state index in [4.69, 9.17) is 5.26 Å². The van der Waals surface area contributed by atoms with Gasteiger partial charge in [0.15, 0.2) is 11.5 Å². The van der Waals surface area contributed by atoms with Crippen LogP contribution in [0.3, 0.4) is 0 Å². The molecule has 1 aliphatic rings. The number of para-hydroxylation sites is 1. The summed E-state index contributed by atoms with van der Waals surface area (Å²) in [6, 6.07) is 18.2. The maximum atomic E-state index is 12.4. The van der Waals surface area contributed by atoms with Crippen LogP contribution in [0.5, 0.6) is 0 Å². The molecule has 1 fully saturated rings. The minimum absolute atomic E-state index is 0.202. The molecule has 1 saturated heterocycles. The molecule has 0 radical (unpaired) electrons. The lowest BCUT2D eigenvalue weighted by Gasteiger charge is -2.35. The first kappa shape index (κ1) is 18.4. The number of hydrogen-bond acceptors (Lipinski definition) is 7. The zero-order valence-corrected chi connectivity index (χ0v) is 15.7. The van der Waals surface area contributed by atoms with E-state index in [2.05, 4.69) is 36.4 Å². The van der Waals surface area contributed by atoms with Crippen molar-refractivity contribution in [1.29, 1.82) is 5.26 Å². The summed E-state index contributed by atoms with van der Waals surface area (Å²) in [6.07, 6.45) is 1.80. The van der Waals surface area contributed by atoms with E-state index in [1.54, 1.807) is 42.6 Å². The van der Waals surface area contributed by atoms with Crippen LogP contribution in [-0.4, -0.2) is 47.3 Å². The molecule has 3 aromatic rings. The maximum absolute atomic E-state index is 12.4. The first-order chi connectivity index (χ1) is 14.2. The fourth-order valence-electron chi connectivity index (χ4n) is 3.20. The van der Waals surface area contributed by atoms with Gasteiger partial charge in [0.25, 0.3) is 5.91 Å². The third-order valence-electron chi connectivity index (χ3n) is 4.76. The Bertz CT molecular complexity index is 1020. The Morgan fingerprint density at radius 1 is 0.897 bits per heavy atom. The van der Waals surface area contributed by atoms with Crippen molar-refractivity contribution in [2.45, 2.75) is 0 Å². The van der Waals surface area contributed by atoms with Crippen LogP contribution in [0, 0.1) is 11.3 Å². The number of carbonyl (C=O) groups excluding carboxylic acids is 1. The predicted molar refractivity (Wildman–Crippen MR) is 110 cm³/mol. The molecule has 8 heteroatoms. The molecule has 0 saturated carbocycles. The molecule has 2 aromatic heterocycles. The highest BCUT2D eigenvalue weighted by Gasteiger charge is 2.20. The van der Waals surface area contributed by atoms with Gasteiger partial charge in [-0.2, -0.15) is 5.26 Å². The van der Waals surface area contributed by atoms with E-state index in [1.807, 2.05) is 18.2 Å². The summed E-state index contributed by atoms with van der Waals surface area (Å²) in [6.45, 7) is 3.27. The number of nitriles is 1. The van der Waals surface area contributed by atoms with Crippen molar-refractivity contribution in [2.75, 3.05) is 41.3 Å².